The third-order valence-electron chi connectivity index (χ3n) is 1.55. The molecule has 2 N–H and O–H groups in total. The Hall–Kier alpha value is -0.380. The molecule has 0 atom stereocenters. The van der Waals surface area contributed by atoms with Crippen molar-refractivity contribution in [3.63, 3.8) is 0 Å². The van der Waals surface area contributed by atoms with Gasteiger partial charge in [0.2, 0.25) is 0 Å². The van der Waals surface area contributed by atoms with Crippen LogP contribution in [0.2, 0.25) is 10.0 Å². The van der Waals surface area contributed by atoms with Crippen LogP contribution >= 0.6 is 23.2 Å². The summed E-state index contributed by atoms with van der Waals surface area (Å²) < 4.78 is 61.0. The highest BCUT2D eigenvalue weighted by atomic mass is 35.5. The molecule has 0 heterocycles. The molecule has 1 aromatic rings. The van der Waals surface area contributed by atoms with Gasteiger partial charge in [-0.2, -0.15) is 16.8 Å². The lowest BCUT2D eigenvalue weighted by Crippen LogP contribution is -2.09. The highest BCUT2D eigenvalue weighted by molar-refractivity contribution is 7.89. The van der Waals surface area contributed by atoms with Crippen LogP contribution in [-0.2, 0) is 20.2 Å². The van der Waals surface area contributed by atoms with Crippen LogP contribution in [0.1, 0.15) is 0 Å². The fraction of sp³-hybridized carbons (Fsp3) is 0. The van der Waals surface area contributed by atoms with E-state index < -0.39 is 35.0 Å². The molecule has 0 aliphatic rings. The molecule has 0 aromatic heterocycles. The minimum atomic E-state index is -4.93. The SMILES string of the molecule is O=S(=O)(O)c1ccc(Cl)c(Cl)c1S(=O)(=O)O. The quantitative estimate of drug-likeness (QED) is 0.801. The first kappa shape index (κ1) is 13.7. The van der Waals surface area contributed by atoms with E-state index in [0.29, 0.717) is 6.07 Å². The van der Waals surface area contributed by atoms with Crippen molar-refractivity contribution in [2.75, 3.05) is 0 Å². The minimum absolute atomic E-state index is 0.276. The molecule has 0 saturated carbocycles. The summed E-state index contributed by atoms with van der Waals surface area (Å²) in [6, 6.07) is 1.69. The molecule has 0 radical (unpaired) electrons. The Morgan fingerprint density at radius 2 is 1.44 bits per heavy atom. The first-order chi connectivity index (χ1) is 7.05. The average Bonchev–Trinajstić information content (AvgIpc) is 2.05. The Balaban J connectivity index is 3.88. The second kappa shape index (κ2) is 4.13. The van der Waals surface area contributed by atoms with E-state index in [9.17, 15) is 16.8 Å². The lowest BCUT2D eigenvalue weighted by Gasteiger charge is -2.07. The van der Waals surface area contributed by atoms with Gasteiger partial charge in [0, 0.05) is 0 Å². The van der Waals surface area contributed by atoms with E-state index in [4.69, 9.17) is 32.3 Å². The normalized spacial score (nSPS) is 12.8. The van der Waals surface area contributed by atoms with E-state index in [-0.39, 0.29) is 5.02 Å². The third kappa shape index (κ3) is 2.65. The van der Waals surface area contributed by atoms with Crippen LogP contribution in [-0.4, -0.2) is 25.9 Å². The van der Waals surface area contributed by atoms with Gasteiger partial charge in [-0.25, -0.2) is 0 Å². The van der Waals surface area contributed by atoms with Crippen molar-refractivity contribution < 1.29 is 25.9 Å². The molecule has 6 nitrogen and oxygen atoms in total. The lowest BCUT2D eigenvalue weighted by atomic mass is 10.3. The molecular formula is C6H4Cl2O6S2. The second-order valence-electron chi connectivity index (χ2n) is 2.64. The van der Waals surface area contributed by atoms with Crippen molar-refractivity contribution in [3.05, 3.63) is 22.2 Å². The van der Waals surface area contributed by atoms with Crippen LogP contribution < -0.4 is 0 Å². The zero-order valence-electron chi connectivity index (χ0n) is 7.25. The van der Waals surface area contributed by atoms with Crippen molar-refractivity contribution in [3.8, 4) is 0 Å². The van der Waals surface area contributed by atoms with Crippen LogP contribution in [0.5, 0.6) is 0 Å². The molecular weight excluding hydrogens is 303 g/mol. The van der Waals surface area contributed by atoms with Gasteiger partial charge in [0.05, 0.1) is 10.0 Å². The van der Waals surface area contributed by atoms with Crippen LogP contribution in [0.25, 0.3) is 0 Å². The van der Waals surface area contributed by atoms with Crippen molar-refractivity contribution in [1.29, 1.82) is 0 Å². The van der Waals surface area contributed by atoms with E-state index in [1.54, 1.807) is 0 Å². The Labute approximate surface area is 101 Å². The highest BCUT2D eigenvalue weighted by Gasteiger charge is 2.28. The Kier molecular flexibility index (Phi) is 3.53. The Morgan fingerprint density at radius 1 is 0.938 bits per heavy atom. The summed E-state index contributed by atoms with van der Waals surface area (Å²) in [6.07, 6.45) is 0. The van der Waals surface area contributed by atoms with Crippen molar-refractivity contribution in [1.82, 2.24) is 0 Å². The van der Waals surface area contributed by atoms with E-state index >= 15 is 0 Å². The van der Waals surface area contributed by atoms with Gasteiger partial charge >= 0.3 is 0 Å². The molecule has 0 aliphatic carbocycles. The van der Waals surface area contributed by atoms with Gasteiger partial charge < -0.3 is 0 Å². The maximum Gasteiger partial charge on any atom is 0.297 e. The molecule has 0 aliphatic heterocycles. The standard InChI is InChI=1S/C6H4Cl2O6S2/c7-3-1-2-4(15(9,10)11)6(5(3)8)16(12,13)14/h1-2H,(H,9,10,11)(H,12,13,14). The Morgan fingerprint density at radius 3 is 1.81 bits per heavy atom. The summed E-state index contributed by atoms with van der Waals surface area (Å²) in [5.74, 6) is 0. The van der Waals surface area contributed by atoms with Gasteiger partial charge in [-0.3, -0.25) is 9.11 Å². The minimum Gasteiger partial charge on any atom is -0.282 e. The van der Waals surface area contributed by atoms with Crippen LogP contribution in [0.3, 0.4) is 0 Å². The molecule has 0 amide bonds. The van der Waals surface area contributed by atoms with E-state index in [0.717, 1.165) is 6.07 Å². The molecule has 0 unspecified atom stereocenters. The number of rotatable bonds is 2. The molecule has 0 fully saturated rings. The summed E-state index contributed by atoms with van der Waals surface area (Å²) in [6.45, 7) is 0. The van der Waals surface area contributed by atoms with Crippen molar-refractivity contribution in [2.24, 2.45) is 0 Å². The zero-order chi connectivity index (χ0) is 12.7. The number of halogens is 2. The predicted octanol–water partition coefficient (Wildman–Crippen LogP) is 1.49. The highest BCUT2D eigenvalue weighted by Crippen LogP contribution is 2.34. The summed E-state index contributed by atoms with van der Waals surface area (Å²) in [7, 11) is -9.76. The van der Waals surface area contributed by atoms with Crippen LogP contribution in [0.4, 0.5) is 0 Å². The maximum atomic E-state index is 10.9. The first-order valence-electron chi connectivity index (χ1n) is 3.48. The smallest absolute Gasteiger partial charge is 0.282 e. The Bertz CT molecular complexity index is 633. The van der Waals surface area contributed by atoms with E-state index in [2.05, 4.69) is 0 Å². The fourth-order valence-electron chi connectivity index (χ4n) is 0.958. The monoisotopic (exact) mass is 306 g/mol. The molecule has 0 spiro atoms. The molecule has 0 saturated heterocycles. The largest absolute Gasteiger partial charge is 0.297 e. The van der Waals surface area contributed by atoms with Gasteiger partial charge in [-0.05, 0) is 12.1 Å². The predicted molar refractivity (Wildman–Crippen MR) is 56.1 cm³/mol. The van der Waals surface area contributed by atoms with E-state index in [1.807, 2.05) is 0 Å². The van der Waals surface area contributed by atoms with Gasteiger partial charge in [-0.1, -0.05) is 23.2 Å². The van der Waals surface area contributed by atoms with Gasteiger partial charge in [0.25, 0.3) is 20.2 Å². The van der Waals surface area contributed by atoms with Crippen LogP contribution in [0, 0.1) is 0 Å². The van der Waals surface area contributed by atoms with Crippen molar-refractivity contribution in [2.45, 2.75) is 9.79 Å². The van der Waals surface area contributed by atoms with Crippen molar-refractivity contribution >= 4 is 43.4 Å². The average molecular weight is 307 g/mol. The zero-order valence-corrected chi connectivity index (χ0v) is 10.4. The molecule has 10 heteroatoms. The summed E-state index contributed by atoms with van der Waals surface area (Å²) in [4.78, 5) is -2.19. The second-order valence-corrected chi connectivity index (χ2v) is 6.17. The number of hydrogen-bond acceptors (Lipinski definition) is 4. The molecule has 16 heavy (non-hydrogen) atoms. The van der Waals surface area contributed by atoms with Gasteiger partial charge in [0.1, 0.15) is 9.79 Å². The molecule has 90 valence electrons. The summed E-state index contributed by atoms with van der Waals surface area (Å²) in [5, 5.41) is -0.957. The van der Waals surface area contributed by atoms with Gasteiger partial charge in [0.15, 0.2) is 0 Å². The fourth-order valence-corrected chi connectivity index (χ4v) is 3.55. The molecule has 1 rings (SSSR count). The molecule has 1 aromatic carbocycles. The third-order valence-corrected chi connectivity index (χ3v) is 4.43. The summed E-state index contributed by atoms with van der Waals surface area (Å²) >= 11 is 10.9. The number of hydrogen-bond donors (Lipinski definition) is 2. The van der Waals surface area contributed by atoms with Crippen LogP contribution in [0.15, 0.2) is 21.9 Å². The van der Waals surface area contributed by atoms with Gasteiger partial charge in [-0.15, -0.1) is 0 Å². The lowest BCUT2D eigenvalue weighted by molar-refractivity contribution is 0.466. The molecule has 0 bridgehead atoms. The first-order valence-corrected chi connectivity index (χ1v) is 7.11. The van der Waals surface area contributed by atoms with E-state index in [1.165, 1.54) is 0 Å². The summed E-state index contributed by atoms with van der Waals surface area (Å²) in [5.41, 5.74) is 0. The number of benzene rings is 1. The topological polar surface area (TPSA) is 109 Å². The maximum absolute atomic E-state index is 10.9.